The average molecular weight is 354 g/mol. The third-order valence-electron chi connectivity index (χ3n) is 3.13. The number of rotatable bonds is 4. The topological polar surface area (TPSA) is 70.2 Å². The third kappa shape index (κ3) is 4.66. The molecule has 0 aromatic heterocycles. The van der Waals surface area contributed by atoms with E-state index < -0.39 is 23.6 Å². The molecule has 0 aliphatic heterocycles. The van der Waals surface area contributed by atoms with Crippen molar-refractivity contribution < 1.29 is 18.4 Å². The second-order valence-electron chi connectivity index (χ2n) is 4.90. The number of urea groups is 1. The van der Waals surface area contributed by atoms with E-state index in [1.54, 1.807) is 25.1 Å². The Kier molecular flexibility index (Phi) is 5.70. The predicted octanol–water partition coefficient (Wildman–Crippen LogP) is 3.69. The van der Waals surface area contributed by atoms with Crippen LogP contribution in [0.4, 0.5) is 25.0 Å². The molecule has 24 heavy (non-hydrogen) atoms. The van der Waals surface area contributed by atoms with Crippen LogP contribution in [0.1, 0.15) is 5.56 Å². The van der Waals surface area contributed by atoms with Crippen LogP contribution >= 0.6 is 11.6 Å². The van der Waals surface area contributed by atoms with E-state index in [2.05, 4.69) is 16.0 Å². The predicted molar refractivity (Wildman–Crippen MR) is 88.2 cm³/mol. The van der Waals surface area contributed by atoms with Gasteiger partial charge in [-0.15, -0.1) is 0 Å². The second-order valence-corrected chi connectivity index (χ2v) is 5.30. The summed E-state index contributed by atoms with van der Waals surface area (Å²) in [5.41, 5.74) is 1.30. The fraction of sp³-hybridized carbons (Fsp3) is 0.125. The largest absolute Gasteiger partial charge is 0.329 e. The van der Waals surface area contributed by atoms with Gasteiger partial charge in [0, 0.05) is 22.5 Å². The standard InChI is InChI=1S/C16H14ClF2N3O2/c1-9-11(17)3-2-4-14(9)22-16(24)20-8-15(23)21-10-5-6-12(18)13(19)7-10/h2-7H,8H2,1H3,(H,21,23)(H2,20,22,24). The first-order valence-corrected chi connectivity index (χ1v) is 7.29. The van der Waals surface area contributed by atoms with Gasteiger partial charge in [0.1, 0.15) is 0 Å². The summed E-state index contributed by atoms with van der Waals surface area (Å²) in [6, 6.07) is 7.40. The zero-order valence-corrected chi connectivity index (χ0v) is 13.4. The molecule has 126 valence electrons. The summed E-state index contributed by atoms with van der Waals surface area (Å²) in [5, 5.41) is 7.76. The lowest BCUT2D eigenvalue weighted by Crippen LogP contribution is -2.35. The Bertz CT molecular complexity index is 784. The Labute approximate surface area is 142 Å². The third-order valence-corrected chi connectivity index (χ3v) is 3.54. The van der Waals surface area contributed by atoms with Gasteiger partial charge in [-0.2, -0.15) is 0 Å². The number of hydrogen-bond acceptors (Lipinski definition) is 2. The van der Waals surface area contributed by atoms with Crippen LogP contribution < -0.4 is 16.0 Å². The van der Waals surface area contributed by atoms with Gasteiger partial charge in [-0.1, -0.05) is 17.7 Å². The van der Waals surface area contributed by atoms with Crippen molar-refractivity contribution in [1.29, 1.82) is 0 Å². The summed E-state index contributed by atoms with van der Waals surface area (Å²) >= 11 is 5.95. The summed E-state index contributed by atoms with van der Waals surface area (Å²) in [5.74, 6) is -2.67. The number of halogens is 3. The normalized spacial score (nSPS) is 10.2. The Morgan fingerprint density at radius 2 is 1.83 bits per heavy atom. The summed E-state index contributed by atoms with van der Waals surface area (Å²) in [6.45, 7) is 1.40. The molecular weight excluding hydrogens is 340 g/mol. The average Bonchev–Trinajstić information content (AvgIpc) is 2.53. The van der Waals surface area contributed by atoms with Gasteiger partial charge in [-0.05, 0) is 36.8 Å². The zero-order chi connectivity index (χ0) is 17.7. The van der Waals surface area contributed by atoms with Crippen molar-refractivity contribution in [2.75, 3.05) is 17.2 Å². The van der Waals surface area contributed by atoms with E-state index in [0.717, 1.165) is 12.1 Å². The van der Waals surface area contributed by atoms with Crippen LogP contribution in [-0.2, 0) is 4.79 Å². The van der Waals surface area contributed by atoms with E-state index in [-0.39, 0.29) is 12.2 Å². The molecule has 0 radical (unpaired) electrons. The summed E-state index contributed by atoms with van der Waals surface area (Å²) in [7, 11) is 0. The second kappa shape index (κ2) is 7.74. The number of amides is 3. The molecule has 0 saturated heterocycles. The Morgan fingerprint density at radius 1 is 1.08 bits per heavy atom. The van der Waals surface area contributed by atoms with Crippen LogP contribution in [0.2, 0.25) is 5.02 Å². The van der Waals surface area contributed by atoms with E-state index in [0.29, 0.717) is 16.3 Å². The van der Waals surface area contributed by atoms with Crippen molar-refractivity contribution in [3.63, 3.8) is 0 Å². The van der Waals surface area contributed by atoms with Gasteiger partial charge in [-0.25, -0.2) is 13.6 Å². The van der Waals surface area contributed by atoms with Crippen LogP contribution in [-0.4, -0.2) is 18.5 Å². The molecule has 0 bridgehead atoms. The number of anilines is 2. The van der Waals surface area contributed by atoms with Crippen molar-refractivity contribution >= 4 is 34.9 Å². The van der Waals surface area contributed by atoms with Crippen LogP contribution in [0.3, 0.4) is 0 Å². The monoisotopic (exact) mass is 353 g/mol. The van der Waals surface area contributed by atoms with Gasteiger partial charge in [-0.3, -0.25) is 4.79 Å². The van der Waals surface area contributed by atoms with Crippen molar-refractivity contribution in [2.24, 2.45) is 0 Å². The first-order valence-electron chi connectivity index (χ1n) is 6.91. The molecule has 0 heterocycles. The van der Waals surface area contributed by atoms with Crippen LogP contribution in [0.5, 0.6) is 0 Å². The van der Waals surface area contributed by atoms with Gasteiger partial charge in [0.2, 0.25) is 5.91 Å². The molecule has 2 rings (SSSR count). The molecule has 0 saturated carbocycles. The molecule has 5 nitrogen and oxygen atoms in total. The number of carbonyl (C=O) groups excluding carboxylic acids is 2. The molecule has 0 unspecified atom stereocenters. The number of carbonyl (C=O) groups is 2. The molecule has 0 aliphatic rings. The van der Waals surface area contributed by atoms with Crippen LogP contribution in [0, 0.1) is 18.6 Å². The van der Waals surface area contributed by atoms with Gasteiger partial charge in [0.05, 0.1) is 6.54 Å². The Hall–Kier alpha value is -2.67. The van der Waals surface area contributed by atoms with Crippen molar-refractivity contribution in [1.82, 2.24) is 5.32 Å². The Morgan fingerprint density at radius 3 is 2.54 bits per heavy atom. The van der Waals surface area contributed by atoms with Gasteiger partial charge in [0.15, 0.2) is 11.6 Å². The fourth-order valence-corrected chi connectivity index (χ4v) is 2.02. The maximum absolute atomic E-state index is 13.0. The van der Waals surface area contributed by atoms with E-state index in [4.69, 9.17) is 11.6 Å². The van der Waals surface area contributed by atoms with Crippen molar-refractivity contribution in [2.45, 2.75) is 6.92 Å². The van der Waals surface area contributed by atoms with Crippen molar-refractivity contribution in [3.8, 4) is 0 Å². The molecule has 0 atom stereocenters. The summed E-state index contributed by atoms with van der Waals surface area (Å²) in [6.07, 6.45) is 0. The SMILES string of the molecule is Cc1c(Cl)cccc1NC(=O)NCC(=O)Nc1ccc(F)c(F)c1. The lowest BCUT2D eigenvalue weighted by molar-refractivity contribution is -0.115. The minimum atomic E-state index is -1.07. The first kappa shape index (κ1) is 17.7. The summed E-state index contributed by atoms with van der Waals surface area (Å²) < 4.78 is 25.8. The zero-order valence-electron chi connectivity index (χ0n) is 12.6. The first-order chi connectivity index (χ1) is 11.4. The molecule has 0 spiro atoms. The Balaban J connectivity index is 1.86. The van der Waals surface area contributed by atoms with Crippen molar-refractivity contribution in [3.05, 3.63) is 58.6 Å². The molecule has 3 N–H and O–H groups in total. The van der Waals surface area contributed by atoms with Crippen LogP contribution in [0.25, 0.3) is 0 Å². The van der Waals surface area contributed by atoms with E-state index in [1.165, 1.54) is 6.07 Å². The fourth-order valence-electron chi connectivity index (χ4n) is 1.85. The van der Waals surface area contributed by atoms with E-state index in [9.17, 15) is 18.4 Å². The van der Waals surface area contributed by atoms with Gasteiger partial charge in [0.25, 0.3) is 0 Å². The molecule has 2 aromatic carbocycles. The molecule has 0 aliphatic carbocycles. The molecule has 8 heteroatoms. The molecule has 0 fully saturated rings. The highest BCUT2D eigenvalue weighted by Gasteiger charge is 2.09. The number of nitrogens with one attached hydrogen (secondary N) is 3. The highest BCUT2D eigenvalue weighted by Crippen LogP contribution is 2.22. The van der Waals surface area contributed by atoms with Crippen LogP contribution in [0.15, 0.2) is 36.4 Å². The quantitative estimate of drug-likeness (QED) is 0.784. The maximum atomic E-state index is 13.0. The highest BCUT2D eigenvalue weighted by atomic mass is 35.5. The highest BCUT2D eigenvalue weighted by molar-refractivity contribution is 6.31. The lowest BCUT2D eigenvalue weighted by Gasteiger charge is -2.11. The van der Waals surface area contributed by atoms with E-state index in [1.807, 2.05) is 0 Å². The number of hydrogen-bond donors (Lipinski definition) is 3. The minimum absolute atomic E-state index is 0.0896. The molecule has 3 amide bonds. The maximum Gasteiger partial charge on any atom is 0.319 e. The summed E-state index contributed by atoms with van der Waals surface area (Å²) in [4.78, 5) is 23.5. The molecular formula is C16H14ClF2N3O2. The molecule has 2 aromatic rings. The lowest BCUT2D eigenvalue weighted by atomic mass is 10.2. The van der Waals surface area contributed by atoms with Gasteiger partial charge < -0.3 is 16.0 Å². The van der Waals surface area contributed by atoms with Gasteiger partial charge >= 0.3 is 6.03 Å². The number of benzene rings is 2. The minimum Gasteiger partial charge on any atom is -0.329 e. The van der Waals surface area contributed by atoms with E-state index >= 15 is 0 Å². The smallest absolute Gasteiger partial charge is 0.319 e.